The van der Waals surface area contributed by atoms with Gasteiger partial charge in [-0.2, -0.15) is 5.10 Å². The van der Waals surface area contributed by atoms with E-state index in [-0.39, 0.29) is 18.1 Å². The van der Waals surface area contributed by atoms with Crippen LogP contribution in [0.15, 0.2) is 6.20 Å². The van der Waals surface area contributed by atoms with E-state index < -0.39 is 0 Å². The minimum Gasteiger partial charge on any atom is -0.375 e. The van der Waals surface area contributed by atoms with E-state index in [1.807, 2.05) is 20.9 Å². The van der Waals surface area contributed by atoms with E-state index in [2.05, 4.69) is 15.7 Å². The second-order valence-electron chi connectivity index (χ2n) is 4.26. The minimum absolute atomic E-state index is 0.0756. The van der Waals surface area contributed by atoms with Crippen LogP contribution in [-0.2, 0) is 16.6 Å². The largest absolute Gasteiger partial charge is 0.375 e. The van der Waals surface area contributed by atoms with Gasteiger partial charge in [-0.3, -0.25) is 9.48 Å². The number of aromatic nitrogens is 2. The maximum atomic E-state index is 12.0. The fraction of sp³-hybridized carbons (Fsp3) is 0.636. The Morgan fingerprint density at radius 1 is 1.71 bits per heavy atom. The van der Waals surface area contributed by atoms with Crippen molar-refractivity contribution in [3.8, 4) is 0 Å². The van der Waals surface area contributed by atoms with Gasteiger partial charge < -0.3 is 15.4 Å². The predicted octanol–water partition coefficient (Wildman–Crippen LogP) is 0.0439. The standard InChI is InChI=1S/C11H18N4O2/c1-7-9(6-13-15(7)3)14-11(16)10-8(2)17-5-4-12-10/h6,8,10,12H,4-5H2,1-3H3,(H,14,16)/t8-,10+/m1/s1. The highest BCUT2D eigenvalue weighted by atomic mass is 16.5. The molecule has 2 atom stereocenters. The summed E-state index contributed by atoms with van der Waals surface area (Å²) < 4.78 is 7.17. The van der Waals surface area contributed by atoms with Crippen LogP contribution in [0.5, 0.6) is 0 Å². The van der Waals surface area contributed by atoms with Gasteiger partial charge in [0.15, 0.2) is 0 Å². The Balaban J connectivity index is 2.03. The lowest BCUT2D eigenvalue weighted by molar-refractivity contribution is -0.123. The Morgan fingerprint density at radius 3 is 3.06 bits per heavy atom. The Labute approximate surface area is 100 Å². The van der Waals surface area contributed by atoms with Crippen LogP contribution in [0.4, 0.5) is 5.69 Å². The molecule has 0 saturated carbocycles. The van der Waals surface area contributed by atoms with E-state index in [0.717, 1.165) is 11.4 Å². The fourth-order valence-electron chi connectivity index (χ4n) is 1.86. The molecule has 2 rings (SSSR count). The maximum Gasteiger partial charge on any atom is 0.244 e. The average Bonchev–Trinajstić information content (AvgIpc) is 2.61. The van der Waals surface area contributed by atoms with Crippen LogP contribution in [0, 0.1) is 6.92 Å². The number of carbonyl (C=O) groups is 1. The molecule has 0 unspecified atom stereocenters. The summed E-state index contributed by atoms with van der Waals surface area (Å²) in [5.41, 5.74) is 1.68. The van der Waals surface area contributed by atoms with Crippen molar-refractivity contribution in [2.24, 2.45) is 7.05 Å². The summed E-state index contributed by atoms with van der Waals surface area (Å²) in [7, 11) is 1.84. The Morgan fingerprint density at radius 2 is 2.47 bits per heavy atom. The zero-order chi connectivity index (χ0) is 12.4. The molecule has 0 bridgehead atoms. The summed E-state index contributed by atoms with van der Waals surface area (Å²) >= 11 is 0. The number of morpholine rings is 1. The number of amides is 1. The Hall–Kier alpha value is -1.40. The van der Waals surface area contributed by atoms with Gasteiger partial charge in [0, 0.05) is 13.6 Å². The first-order valence-electron chi connectivity index (χ1n) is 5.74. The van der Waals surface area contributed by atoms with E-state index >= 15 is 0 Å². The topological polar surface area (TPSA) is 68.2 Å². The molecule has 94 valence electrons. The van der Waals surface area contributed by atoms with Gasteiger partial charge >= 0.3 is 0 Å². The van der Waals surface area contributed by atoms with Crippen molar-refractivity contribution < 1.29 is 9.53 Å². The average molecular weight is 238 g/mol. The molecule has 0 aliphatic carbocycles. The Kier molecular flexibility index (Phi) is 3.44. The van der Waals surface area contributed by atoms with Crippen LogP contribution in [0.1, 0.15) is 12.6 Å². The highest BCUT2D eigenvalue weighted by Gasteiger charge is 2.28. The van der Waals surface area contributed by atoms with Gasteiger partial charge in [-0.25, -0.2) is 0 Å². The van der Waals surface area contributed by atoms with Crippen molar-refractivity contribution in [2.45, 2.75) is 26.0 Å². The smallest absolute Gasteiger partial charge is 0.244 e. The molecule has 1 aromatic heterocycles. The van der Waals surface area contributed by atoms with Gasteiger partial charge in [-0.05, 0) is 13.8 Å². The summed E-state index contributed by atoms with van der Waals surface area (Å²) in [5, 5.41) is 10.1. The van der Waals surface area contributed by atoms with Crippen LogP contribution < -0.4 is 10.6 Å². The number of anilines is 1. The first kappa shape index (κ1) is 12.1. The van der Waals surface area contributed by atoms with Crippen LogP contribution >= 0.6 is 0 Å². The van der Waals surface area contributed by atoms with Gasteiger partial charge in [0.2, 0.25) is 5.91 Å². The van der Waals surface area contributed by atoms with Crippen LogP contribution in [-0.4, -0.2) is 41.0 Å². The summed E-state index contributed by atoms with van der Waals surface area (Å²) in [4.78, 5) is 12.0. The van der Waals surface area contributed by atoms with Crippen LogP contribution in [0.25, 0.3) is 0 Å². The van der Waals surface area contributed by atoms with Crippen molar-refractivity contribution >= 4 is 11.6 Å². The van der Waals surface area contributed by atoms with Crippen molar-refractivity contribution in [3.63, 3.8) is 0 Å². The molecule has 0 radical (unpaired) electrons. The van der Waals surface area contributed by atoms with E-state index in [1.54, 1.807) is 10.9 Å². The second kappa shape index (κ2) is 4.85. The lowest BCUT2D eigenvalue weighted by Crippen LogP contribution is -2.53. The van der Waals surface area contributed by atoms with Crippen molar-refractivity contribution in [3.05, 3.63) is 11.9 Å². The summed E-state index contributed by atoms with van der Waals surface area (Å²) in [6.07, 6.45) is 1.54. The van der Waals surface area contributed by atoms with Gasteiger partial charge in [0.1, 0.15) is 6.04 Å². The first-order chi connectivity index (χ1) is 8.09. The van der Waals surface area contributed by atoms with Crippen molar-refractivity contribution in [1.29, 1.82) is 0 Å². The van der Waals surface area contributed by atoms with E-state index in [4.69, 9.17) is 4.74 Å². The number of nitrogens with zero attached hydrogens (tertiary/aromatic N) is 2. The first-order valence-corrected chi connectivity index (χ1v) is 5.74. The molecule has 1 amide bonds. The lowest BCUT2D eigenvalue weighted by Gasteiger charge is -2.29. The number of aryl methyl sites for hydroxylation is 1. The zero-order valence-corrected chi connectivity index (χ0v) is 10.4. The van der Waals surface area contributed by atoms with E-state index in [1.165, 1.54) is 0 Å². The molecular formula is C11H18N4O2. The molecule has 1 aliphatic rings. The molecular weight excluding hydrogens is 220 g/mol. The number of nitrogens with one attached hydrogen (secondary N) is 2. The third-order valence-corrected chi connectivity index (χ3v) is 3.09. The zero-order valence-electron chi connectivity index (χ0n) is 10.4. The highest BCUT2D eigenvalue weighted by Crippen LogP contribution is 2.14. The molecule has 1 aliphatic heterocycles. The van der Waals surface area contributed by atoms with E-state index in [0.29, 0.717) is 13.2 Å². The molecule has 1 fully saturated rings. The number of hydrogen-bond acceptors (Lipinski definition) is 4. The summed E-state index contributed by atoms with van der Waals surface area (Å²) in [6.45, 7) is 5.16. The van der Waals surface area contributed by atoms with Gasteiger partial charge in [-0.15, -0.1) is 0 Å². The lowest BCUT2D eigenvalue weighted by atomic mass is 10.1. The van der Waals surface area contributed by atoms with Crippen molar-refractivity contribution in [1.82, 2.24) is 15.1 Å². The fourth-order valence-corrected chi connectivity index (χ4v) is 1.86. The normalized spacial score (nSPS) is 24.6. The number of carbonyl (C=O) groups excluding carboxylic acids is 1. The molecule has 2 heterocycles. The number of rotatable bonds is 2. The predicted molar refractivity (Wildman–Crippen MR) is 63.8 cm³/mol. The monoisotopic (exact) mass is 238 g/mol. The van der Waals surface area contributed by atoms with Crippen molar-refractivity contribution in [2.75, 3.05) is 18.5 Å². The quantitative estimate of drug-likeness (QED) is 0.763. The SMILES string of the molecule is Cc1c(NC(=O)[C@H]2NCCO[C@@H]2C)cnn1C. The van der Waals surface area contributed by atoms with Gasteiger partial charge in [-0.1, -0.05) is 0 Å². The molecule has 0 aromatic carbocycles. The number of hydrogen-bond donors (Lipinski definition) is 2. The van der Waals surface area contributed by atoms with Gasteiger partial charge in [0.25, 0.3) is 0 Å². The van der Waals surface area contributed by atoms with E-state index in [9.17, 15) is 4.79 Å². The second-order valence-corrected chi connectivity index (χ2v) is 4.26. The van der Waals surface area contributed by atoms with Crippen LogP contribution in [0.3, 0.4) is 0 Å². The summed E-state index contributed by atoms with van der Waals surface area (Å²) in [6, 6.07) is -0.302. The molecule has 1 aromatic rings. The molecule has 0 spiro atoms. The molecule has 2 N–H and O–H groups in total. The Bertz CT molecular complexity index is 416. The molecule has 6 heteroatoms. The molecule has 17 heavy (non-hydrogen) atoms. The third kappa shape index (κ3) is 2.48. The minimum atomic E-state index is -0.302. The van der Waals surface area contributed by atoms with Gasteiger partial charge in [0.05, 0.1) is 30.3 Å². The summed E-state index contributed by atoms with van der Waals surface area (Å²) in [5.74, 6) is -0.0756. The third-order valence-electron chi connectivity index (χ3n) is 3.09. The van der Waals surface area contributed by atoms with Crippen LogP contribution in [0.2, 0.25) is 0 Å². The molecule has 1 saturated heterocycles. The highest BCUT2D eigenvalue weighted by molar-refractivity contribution is 5.95. The maximum absolute atomic E-state index is 12.0. The number of ether oxygens (including phenoxy) is 1. The molecule has 6 nitrogen and oxygen atoms in total.